The summed E-state index contributed by atoms with van der Waals surface area (Å²) in [5.74, 6) is 0.606. The van der Waals surface area contributed by atoms with E-state index in [1.807, 2.05) is 4.90 Å². The van der Waals surface area contributed by atoms with E-state index < -0.39 is 0 Å². The zero-order valence-electron chi connectivity index (χ0n) is 11.9. The van der Waals surface area contributed by atoms with E-state index in [-0.39, 0.29) is 12.5 Å². The minimum atomic E-state index is 0.247. The molecule has 0 aliphatic carbocycles. The van der Waals surface area contributed by atoms with Crippen molar-refractivity contribution in [1.82, 2.24) is 9.80 Å². The first-order chi connectivity index (χ1) is 8.71. The lowest BCUT2D eigenvalue weighted by Crippen LogP contribution is -2.45. The van der Waals surface area contributed by atoms with Gasteiger partial charge in [0.2, 0.25) is 5.91 Å². The van der Waals surface area contributed by atoms with Crippen molar-refractivity contribution in [1.29, 1.82) is 0 Å². The highest BCUT2D eigenvalue weighted by molar-refractivity contribution is 5.78. The van der Waals surface area contributed by atoms with Crippen molar-refractivity contribution < 1.29 is 9.90 Å². The number of carbonyl (C=O) groups is 1. The Kier molecular flexibility index (Phi) is 7.28. The Bertz CT molecular complexity index is 240. The molecule has 4 heteroatoms. The second-order valence-electron chi connectivity index (χ2n) is 5.31. The zero-order chi connectivity index (χ0) is 13.4. The third-order valence-corrected chi connectivity index (χ3v) is 3.56. The Balaban J connectivity index is 2.41. The van der Waals surface area contributed by atoms with Crippen LogP contribution in [-0.2, 0) is 4.79 Å². The second kappa shape index (κ2) is 8.48. The summed E-state index contributed by atoms with van der Waals surface area (Å²) < 4.78 is 0. The highest BCUT2D eigenvalue weighted by atomic mass is 16.3. The lowest BCUT2D eigenvalue weighted by Gasteiger charge is -2.33. The largest absolute Gasteiger partial charge is 0.396 e. The summed E-state index contributed by atoms with van der Waals surface area (Å²) in [5, 5.41) is 9.20. The van der Waals surface area contributed by atoms with E-state index >= 15 is 0 Å². The van der Waals surface area contributed by atoms with Crippen LogP contribution in [0.5, 0.6) is 0 Å². The number of rotatable bonds is 7. The number of carbonyl (C=O) groups excluding carboxylic acids is 1. The third kappa shape index (κ3) is 4.94. The Labute approximate surface area is 111 Å². The van der Waals surface area contributed by atoms with Crippen LogP contribution >= 0.6 is 0 Å². The van der Waals surface area contributed by atoms with Crippen molar-refractivity contribution in [2.45, 2.75) is 39.5 Å². The average Bonchev–Trinajstić information content (AvgIpc) is 2.38. The maximum atomic E-state index is 12.2. The molecule has 106 valence electrons. The van der Waals surface area contributed by atoms with Gasteiger partial charge < -0.3 is 10.0 Å². The fourth-order valence-corrected chi connectivity index (χ4v) is 2.64. The van der Waals surface area contributed by atoms with Gasteiger partial charge in [-0.2, -0.15) is 0 Å². The van der Waals surface area contributed by atoms with E-state index in [0.29, 0.717) is 12.5 Å². The van der Waals surface area contributed by atoms with Crippen LogP contribution in [0, 0.1) is 5.92 Å². The number of hydrogen-bond donors (Lipinski definition) is 1. The van der Waals surface area contributed by atoms with Crippen molar-refractivity contribution in [3.05, 3.63) is 0 Å². The summed E-state index contributed by atoms with van der Waals surface area (Å²) in [6.45, 7) is 8.59. The van der Waals surface area contributed by atoms with Crippen LogP contribution < -0.4 is 0 Å². The fourth-order valence-electron chi connectivity index (χ4n) is 2.64. The van der Waals surface area contributed by atoms with E-state index in [1.54, 1.807) is 0 Å². The minimum Gasteiger partial charge on any atom is -0.396 e. The molecule has 1 saturated heterocycles. The molecule has 0 aromatic carbocycles. The summed E-state index contributed by atoms with van der Waals surface area (Å²) in [7, 11) is 0. The molecule has 0 saturated carbocycles. The Morgan fingerprint density at radius 2 is 2.00 bits per heavy atom. The normalized spacial score (nSPS) is 20.9. The molecule has 0 aromatic heterocycles. The number of aliphatic hydroxyl groups excluding tert-OH is 1. The van der Waals surface area contributed by atoms with Gasteiger partial charge in [-0.1, -0.05) is 13.8 Å². The quantitative estimate of drug-likeness (QED) is 0.747. The van der Waals surface area contributed by atoms with Gasteiger partial charge in [0, 0.05) is 26.2 Å². The highest BCUT2D eigenvalue weighted by Gasteiger charge is 2.22. The van der Waals surface area contributed by atoms with Crippen LogP contribution in [0.25, 0.3) is 0 Å². The number of amides is 1. The molecule has 1 aliphatic rings. The van der Waals surface area contributed by atoms with Crippen LogP contribution in [0.15, 0.2) is 0 Å². The molecule has 1 aliphatic heterocycles. The predicted molar refractivity (Wildman–Crippen MR) is 73.4 cm³/mol. The molecule has 0 aromatic rings. The lowest BCUT2D eigenvalue weighted by atomic mass is 9.99. The fraction of sp³-hybridized carbons (Fsp3) is 0.929. The Morgan fingerprint density at radius 3 is 2.56 bits per heavy atom. The molecule has 1 fully saturated rings. The van der Waals surface area contributed by atoms with Gasteiger partial charge in [0.05, 0.1) is 6.54 Å². The van der Waals surface area contributed by atoms with E-state index in [9.17, 15) is 9.90 Å². The first-order valence-electron chi connectivity index (χ1n) is 7.32. The summed E-state index contributed by atoms with van der Waals surface area (Å²) in [6, 6.07) is 0. The lowest BCUT2D eigenvalue weighted by molar-refractivity contribution is -0.133. The molecule has 1 heterocycles. The van der Waals surface area contributed by atoms with Gasteiger partial charge >= 0.3 is 0 Å². The molecule has 0 bridgehead atoms. The zero-order valence-corrected chi connectivity index (χ0v) is 11.9. The van der Waals surface area contributed by atoms with Crippen LogP contribution in [0.3, 0.4) is 0 Å². The van der Waals surface area contributed by atoms with Crippen LogP contribution in [0.2, 0.25) is 0 Å². The summed E-state index contributed by atoms with van der Waals surface area (Å²) in [6.07, 6.45) is 4.23. The van der Waals surface area contributed by atoms with Crippen molar-refractivity contribution >= 4 is 5.91 Å². The van der Waals surface area contributed by atoms with Crippen LogP contribution in [-0.4, -0.2) is 60.1 Å². The maximum absolute atomic E-state index is 12.2. The first kappa shape index (κ1) is 15.4. The molecular formula is C14H28N2O2. The molecule has 1 rings (SSSR count). The second-order valence-corrected chi connectivity index (χ2v) is 5.31. The number of aliphatic hydroxyl groups is 1. The molecule has 18 heavy (non-hydrogen) atoms. The third-order valence-electron chi connectivity index (χ3n) is 3.56. The van der Waals surface area contributed by atoms with E-state index in [2.05, 4.69) is 18.7 Å². The molecule has 4 nitrogen and oxygen atoms in total. The van der Waals surface area contributed by atoms with E-state index in [0.717, 1.165) is 51.9 Å². The number of hydrogen-bond acceptors (Lipinski definition) is 3. The van der Waals surface area contributed by atoms with Gasteiger partial charge in [-0.25, -0.2) is 0 Å². The van der Waals surface area contributed by atoms with Gasteiger partial charge in [0.1, 0.15) is 0 Å². The monoisotopic (exact) mass is 256 g/mol. The van der Waals surface area contributed by atoms with Crippen molar-refractivity contribution in [3.8, 4) is 0 Å². The van der Waals surface area contributed by atoms with Crippen molar-refractivity contribution in [2.24, 2.45) is 5.92 Å². The molecule has 0 radical (unpaired) electrons. The maximum Gasteiger partial charge on any atom is 0.236 e. The molecular weight excluding hydrogens is 228 g/mol. The summed E-state index contributed by atoms with van der Waals surface area (Å²) in [5.41, 5.74) is 0. The van der Waals surface area contributed by atoms with Gasteiger partial charge in [-0.15, -0.1) is 0 Å². The summed E-state index contributed by atoms with van der Waals surface area (Å²) >= 11 is 0. The summed E-state index contributed by atoms with van der Waals surface area (Å²) in [4.78, 5) is 16.4. The highest BCUT2D eigenvalue weighted by Crippen LogP contribution is 2.15. The Hall–Kier alpha value is -0.610. The molecule has 1 amide bonds. The smallest absolute Gasteiger partial charge is 0.236 e. The van der Waals surface area contributed by atoms with Crippen LogP contribution in [0.1, 0.15) is 39.5 Å². The number of piperidine rings is 1. The van der Waals surface area contributed by atoms with E-state index in [4.69, 9.17) is 0 Å². The minimum absolute atomic E-state index is 0.247. The molecule has 0 spiro atoms. The number of likely N-dealkylation sites (tertiary alicyclic amines) is 1. The van der Waals surface area contributed by atoms with Crippen molar-refractivity contribution in [2.75, 3.05) is 39.3 Å². The topological polar surface area (TPSA) is 43.8 Å². The average molecular weight is 256 g/mol. The molecule has 1 unspecified atom stereocenters. The number of nitrogens with zero attached hydrogens (tertiary/aromatic N) is 2. The van der Waals surface area contributed by atoms with Gasteiger partial charge in [-0.3, -0.25) is 9.69 Å². The van der Waals surface area contributed by atoms with Gasteiger partial charge in [0.15, 0.2) is 0 Å². The first-order valence-corrected chi connectivity index (χ1v) is 7.32. The molecule has 1 N–H and O–H groups in total. The van der Waals surface area contributed by atoms with Crippen LogP contribution in [0.4, 0.5) is 0 Å². The van der Waals surface area contributed by atoms with Crippen molar-refractivity contribution in [3.63, 3.8) is 0 Å². The van der Waals surface area contributed by atoms with E-state index in [1.165, 1.54) is 0 Å². The SMILES string of the molecule is CCCN(CCC)C(=O)CN1CCCC(CO)C1. The van der Waals surface area contributed by atoms with Gasteiger partial charge in [-0.05, 0) is 38.1 Å². The standard InChI is InChI=1S/C14H28N2O2/c1-3-7-16(8-4-2)14(18)11-15-9-5-6-13(10-15)12-17/h13,17H,3-12H2,1-2H3. The predicted octanol–water partition coefficient (Wildman–Crippen LogP) is 1.34. The Morgan fingerprint density at radius 1 is 1.33 bits per heavy atom. The van der Waals surface area contributed by atoms with Gasteiger partial charge in [0.25, 0.3) is 0 Å². The molecule has 1 atom stereocenters.